The highest BCUT2D eigenvalue weighted by Crippen LogP contribution is 2.33. The van der Waals surface area contributed by atoms with Crippen LogP contribution in [0.1, 0.15) is 41.4 Å². The second-order valence-corrected chi connectivity index (χ2v) is 7.74. The number of aromatic nitrogens is 5. The molecule has 0 radical (unpaired) electrons. The van der Waals surface area contributed by atoms with Crippen molar-refractivity contribution in [3.8, 4) is 11.3 Å². The number of hydrogen-bond donors (Lipinski definition) is 1. The lowest BCUT2D eigenvalue weighted by atomic mass is 10.0. The number of nitrogens with zero attached hydrogens (tertiary/aromatic N) is 5. The van der Waals surface area contributed by atoms with E-state index in [1.807, 2.05) is 26.0 Å². The van der Waals surface area contributed by atoms with E-state index in [9.17, 15) is 18.0 Å². The van der Waals surface area contributed by atoms with Crippen LogP contribution < -0.4 is 5.32 Å². The Morgan fingerprint density at radius 2 is 1.88 bits per heavy atom. The van der Waals surface area contributed by atoms with Gasteiger partial charge in [-0.1, -0.05) is 38.1 Å². The van der Waals surface area contributed by atoms with Gasteiger partial charge < -0.3 is 10.1 Å². The molecule has 3 aromatic heterocycles. The molecule has 1 N–H and O–H groups in total. The van der Waals surface area contributed by atoms with Crippen molar-refractivity contribution in [3.05, 3.63) is 65.7 Å². The number of amides is 1. The molecule has 0 saturated heterocycles. The van der Waals surface area contributed by atoms with Gasteiger partial charge in [0.25, 0.3) is 5.91 Å². The molecule has 8 nitrogen and oxygen atoms in total. The Balaban J connectivity index is 1.76. The summed E-state index contributed by atoms with van der Waals surface area (Å²) in [6.07, 6.45) is -0.699. The predicted octanol–water partition coefficient (Wildman–Crippen LogP) is 4.59. The van der Waals surface area contributed by atoms with E-state index in [-0.39, 0.29) is 29.6 Å². The molecule has 11 heteroatoms. The lowest BCUT2D eigenvalue weighted by Crippen LogP contribution is -2.15. The minimum Gasteiger partial charge on any atom is -0.362 e. The molecule has 0 aliphatic rings. The molecule has 1 aromatic carbocycles. The zero-order valence-electron chi connectivity index (χ0n) is 18.1. The third kappa shape index (κ3) is 4.58. The van der Waals surface area contributed by atoms with E-state index in [0.29, 0.717) is 15.8 Å². The Morgan fingerprint density at radius 1 is 1.15 bits per heavy atom. The van der Waals surface area contributed by atoms with E-state index < -0.39 is 17.8 Å². The molecule has 0 aliphatic carbocycles. The number of halogens is 3. The quantitative estimate of drug-likeness (QED) is 0.457. The topological polar surface area (TPSA) is 86.3 Å². The van der Waals surface area contributed by atoms with E-state index in [1.165, 1.54) is 24.2 Å². The Morgan fingerprint density at radius 3 is 2.52 bits per heavy atom. The zero-order chi connectivity index (χ0) is 23.8. The molecular formula is C22H21F3N6O2. The van der Waals surface area contributed by atoms with Gasteiger partial charge in [0, 0.05) is 12.7 Å². The first kappa shape index (κ1) is 22.5. The molecule has 3 heterocycles. The van der Waals surface area contributed by atoms with Gasteiger partial charge in [0.05, 0.1) is 30.0 Å². The summed E-state index contributed by atoms with van der Waals surface area (Å²) in [4.78, 5) is 17.2. The Labute approximate surface area is 187 Å². The van der Waals surface area contributed by atoms with Crippen LogP contribution in [0, 0.1) is 0 Å². The van der Waals surface area contributed by atoms with Crippen LogP contribution in [0.3, 0.4) is 0 Å². The van der Waals surface area contributed by atoms with Crippen LogP contribution in [0.5, 0.6) is 0 Å². The average molecular weight is 458 g/mol. The molecule has 1 amide bonds. The summed E-state index contributed by atoms with van der Waals surface area (Å²) in [7, 11) is 1.50. The summed E-state index contributed by atoms with van der Waals surface area (Å²) >= 11 is 0. The first-order valence-corrected chi connectivity index (χ1v) is 10.1. The van der Waals surface area contributed by atoms with Gasteiger partial charge >= 0.3 is 6.18 Å². The van der Waals surface area contributed by atoms with Crippen molar-refractivity contribution in [2.75, 3.05) is 12.4 Å². The molecule has 0 spiro atoms. The molecule has 4 aromatic rings. The fourth-order valence-electron chi connectivity index (χ4n) is 3.34. The van der Waals surface area contributed by atoms with Gasteiger partial charge in [-0.25, -0.2) is 14.2 Å². The van der Waals surface area contributed by atoms with Crippen LogP contribution in [0.25, 0.3) is 16.9 Å². The molecule has 0 aliphatic heterocycles. The summed E-state index contributed by atoms with van der Waals surface area (Å²) < 4.78 is 48.4. The fourth-order valence-corrected chi connectivity index (χ4v) is 3.34. The summed E-state index contributed by atoms with van der Waals surface area (Å²) in [6, 6.07) is 8.06. The number of methoxy groups -OCH3 is 1. The van der Waals surface area contributed by atoms with Crippen molar-refractivity contribution in [1.29, 1.82) is 0 Å². The van der Waals surface area contributed by atoms with Crippen molar-refractivity contribution in [2.24, 2.45) is 0 Å². The normalized spacial score (nSPS) is 12.0. The molecular weight excluding hydrogens is 437 g/mol. The van der Waals surface area contributed by atoms with Crippen molar-refractivity contribution < 1.29 is 22.7 Å². The van der Waals surface area contributed by atoms with E-state index in [1.54, 1.807) is 12.1 Å². The summed E-state index contributed by atoms with van der Waals surface area (Å²) in [5.41, 5.74) is 0.674. The number of alkyl halides is 3. The standard InChI is InChI=1S/C22H21F3N6O2/c1-13(2)14-4-6-15(7-5-14)18-8-19(22(23,24)25)31-20(29-18)17(10-27-31)21(32)28-16-9-26-30(11-16)12-33-3/h4-11,13H,12H2,1-3H3,(H,28,32). The second kappa shape index (κ2) is 8.66. The van der Waals surface area contributed by atoms with E-state index in [2.05, 4.69) is 20.5 Å². The fraction of sp³-hybridized carbons (Fsp3) is 0.273. The largest absolute Gasteiger partial charge is 0.433 e. The van der Waals surface area contributed by atoms with Crippen LogP contribution in [-0.4, -0.2) is 37.4 Å². The monoisotopic (exact) mass is 458 g/mol. The molecule has 0 bridgehead atoms. The maximum atomic E-state index is 13.8. The van der Waals surface area contributed by atoms with E-state index in [0.717, 1.165) is 17.8 Å². The lowest BCUT2D eigenvalue weighted by molar-refractivity contribution is -0.142. The van der Waals surface area contributed by atoms with Crippen molar-refractivity contribution in [1.82, 2.24) is 24.4 Å². The minimum atomic E-state index is -4.70. The number of carbonyl (C=O) groups is 1. The summed E-state index contributed by atoms with van der Waals surface area (Å²) in [5, 5.41) is 10.4. The first-order valence-electron chi connectivity index (χ1n) is 10.1. The van der Waals surface area contributed by atoms with Gasteiger partial charge in [0.15, 0.2) is 11.3 Å². The van der Waals surface area contributed by atoms with E-state index in [4.69, 9.17) is 4.74 Å². The molecule has 4 rings (SSSR count). The third-order valence-electron chi connectivity index (χ3n) is 5.03. The number of rotatable bonds is 6. The number of ether oxygens (including phenoxy) is 1. The highest BCUT2D eigenvalue weighted by atomic mass is 19.4. The number of anilines is 1. The molecule has 33 heavy (non-hydrogen) atoms. The van der Waals surface area contributed by atoms with E-state index >= 15 is 0 Å². The van der Waals surface area contributed by atoms with Crippen molar-refractivity contribution in [3.63, 3.8) is 0 Å². The maximum Gasteiger partial charge on any atom is 0.433 e. The van der Waals surface area contributed by atoms with Gasteiger partial charge in [0.1, 0.15) is 12.3 Å². The van der Waals surface area contributed by atoms with Crippen LogP contribution >= 0.6 is 0 Å². The number of benzene rings is 1. The number of fused-ring (bicyclic) bond motifs is 1. The van der Waals surface area contributed by atoms with Gasteiger partial charge in [-0.2, -0.15) is 23.4 Å². The highest BCUT2D eigenvalue weighted by Gasteiger charge is 2.36. The van der Waals surface area contributed by atoms with Gasteiger partial charge in [-0.15, -0.1) is 0 Å². The molecule has 0 unspecified atom stereocenters. The van der Waals surface area contributed by atoms with Gasteiger partial charge in [0.2, 0.25) is 0 Å². The minimum absolute atomic E-state index is 0.0904. The second-order valence-electron chi connectivity index (χ2n) is 7.74. The molecule has 0 atom stereocenters. The van der Waals surface area contributed by atoms with Gasteiger partial charge in [-0.3, -0.25) is 4.79 Å². The Hall–Kier alpha value is -3.73. The average Bonchev–Trinajstić information content (AvgIpc) is 3.39. The van der Waals surface area contributed by atoms with Crippen LogP contribution in [0.4, 0.5) is 18.9 Å². The van der Waals surface area contributed by atoms with Crippen molar-refractivity contribution >= 4 is 17.2 Å². The SMILES string of the molecule is COCn1cc(NC(=O)c2cnn3c(C(F)(F)F)cc(-c4ccc(C(C)C)cc4)nc23)cn1. The third-order valence-corrected chi connectivity index (χ3v) is 5.03. The first-order chi connectivity index (χ1) is 15.7. The molecule has 172 valence electrons. The van der Waals surface area contributed by atoms with Crippen molar-refractivity contribution in [2.45, 2.75) is 32.7 Å². The Kier molecular flexibility index (Phi) is 5.90. The number of nitrogens with one attached hydrogen (secondary N) is 1. The zero-order valence-corrected chi connectivity index (χ0v) is 18.1. The smallest absolute Gasteiger partial charge is 0.362 e. The molecule has 0 fully saturated rings. The predicted molar refractivity (Wildman–Crippen MR) is 115 cm³/mol. The van der Waals surface area contributed by atoms with Crippen LogP contribution in [0.2, 0.25) is 0 Å². The van der Waals surface area contributed by atoms with Gasteiger partial charge in [-0.05, 0) is 17.5 Å². The Bertz CT molecular complexity index is 1290. The van der Waals surface area contributed by atoms with Crippen LogP contribution in [0.15, 0.2) is 48.9 Å². The summed E-state index contributed by atoms with van der Waals surface area (Å²) in [6.45, 7) is 4.23. The maximum absolute atomic E-state index is 13.8. The highest BCUT2D eigenvalue weighted by molar-refractivity contribution is 6.08. The summed E-state index contributed by atoms with van der Waals surface area (Å²) in [5.74, 6) is -0.381. The number of hydrogen-bond acceptors (Lipinski definition) is 5. The van der Waals surface area contributed by atoms with Crippen LogP contribution in [-0.2, 0) is 17.6 Å². The lowest BCUT2D eigenvalue weighted by Gasteiger charge is -2.12. The molecule has 0 saturated carbocycles. The number of carbonyl (C=O) groups excluding carboxylic acids is 1.